The second-order valence-electron chi connectivity index (χ2n) is 8.29. The number of hydrogen-bond acceptors (Lipinski definition) is 3. The summed E-state index contributed by atoms with van der Waals surface area (Å²) in [6.45, 7) is 7.36. The minimum atomic E-state index is 0.139. The standard InChI is InChI=1S/C24H36N4O/c1-4-7-13-21(10-5-2)25-23(29)15-14-22-26-27-24(28(22)6-3)20-16-18-11-8-9-12-19(18)17-20/h8-9,11-12,20-21H,4-7,10,13-17H2,1-3H3,(H,25,29). The lowest BCUT2D eigenvalue weighted by atomic mass is 10.0. The molecule has 5 nitrogen and oxygen atoms in total. The van der Waals surface area contributed by atoms with Gasteiger partial charge < -0.3 is 9.88 Å². The largest absolute Gasteiger partial charge is 0.353 e. The Kier molecular flexibility index (Phi) is 7.84. The Morgan fingerprint density at radius 2 is 1.83 bits per heavy atom. The molecule has 0 radical (unpaired) electrons. The van der Waals surface area contributed by atoms with E-state index in [1.807, 2.05) is 0 Å². The molecule has 1 heterocycles. The number of aromatic nitrogens is 3. The quantitative estimate of drug-likeness (QED) is 0.604. The van der Waals surface area contributed by atoms with Crippen LogP contribution in [0.5, 0.6) is 0 Å². The number of hydrogen-bond donors (Lipinski definition) is 1. The highest BCUT2D eigenvalue weighted by Gasteiger charge is 2.27. The summed E-state index contributed by atoms with van der Waals surface area (Å²) >= 11 is 0. The van der Waals surface area contributed by atoms with Crippen LogP contribution < -0.4 is 5.32 Å². The molecule has 0 fully saturated rings. The van der Waals surface area contributed by atoms with Gasteiger partial charge in [-0.3, -0.25) is 4.79 Å². The SMILES string of the molecule is CCCCC(CCC)NC(=O)CCc1nnc(C2Cc3ccccc3C2)n1CC. The summed E-state index contributed by atoms with van der Waals surface area (Å²) < 4.78 is 2.23. The molecule has 1 amide bonds. The predicted octanol–water partition coefficient (Wildman–Crippen LogP) is 4.59. The minimum Gasteiger partial charge on any atom is -0.353 e. The summed E-state index contributed by atoms with van der Waals surface area (Å²) in [7, 11) is 0. The van der Waals surface area contributed by atoms with E-state index in [4.69, 9.17) is 0 Å². The van der Waals surface area contributed by atoms with Crippen molar-refractivity contribution < 1.29 is 4.79 Å². The maximum Gasteiger partial charge on any atom is 0.220 e. The zero-order valence-electron chi connectivity index (χ0n) is 18.3. The van der Waals surface area contributed by atoms with Crippen molar-refractivity contribution in [1.82, 2.24) is 20.1 Å². The number of nitrogens with zero attached hydrogens (tertiary/aromatic N) is 3. The lowest BCUT2D eigenvalue weighted by Crippen LogP contribution is -2.35. The Morgan fingerprint density at radius 3 is 2.45 bits per heavy atom. The van der Waals surface area contributed by atoms with Crippen LogP contribution in [0.15, 0.2) is 24.3 Å². The van der Waals surface area contributed by atoms with Gasteiger partial charge in [0.05, 0.1) is 0 Å². The fraction of sp³-hybridized carbons (Fsp3) is 0.625. The molecule has 1 atom stereocenters. The smallest absolute Gasteiger partial charge is 0.220 e. The molecule has 0 aliphatic heterocycles. The van der Waals surface area contributed by atoms with E-state index in [0.717, 1.165) is 50.3 Å². The van der Waals surface area contributed by atoms with Crippen LogP contribution in [0.3, 0.4) is 0 Å². The lowest BCUT2D eigenvalue weighted by molar-refractivity contribution is -0.121. The zero-order valence-corrected chi connectivity index (χ0v) is 18.3. The Labute approximate surface area is 175 Å². The highest BCUT2D eigenvalue weighted by molar-refractivity contribution is 5.76. The van der Waals surface area contributed by atoms with Crippen molar-refractivity contribution in [3.63, 3.8) is 0 Å². The van der Waals surface area contributed by atoms with Crippen molar-refractivity contribution >= 4 is 5.91 Å². The normalized spacial score (nSPS) is 14.7. The topological polar surface area (TPSA) is 59.8 Å². The molecule has 0 saturated heterocycles. The van der Waals surface area contributed by atoms with Gasteiger partial charge in [-0.25, -0.2) is 0 Å². The first-order valence-electron chi connectivity index (χ1n) is 11.4. The molecule has 1 aliphatic carbocycles. The van der Waals surface area contributed by atoms with E-state index in [1.54, 1.807) is 0 Å². The van der Waals surface area contributed by atoms with Crippen molar-refractivity contribution in [2.75, 3.05) is 0 Å². The number of benzene rings is 1. The molecule has 1 unspecified atom stereocenters. The van der Waals surface area contributed by atoms with Gasteiger partial charge >= 0.3 is 0 Å². The first-order chi connectivity index (χ1) is 14.2. The molecule has 158 valence electrons. The van der Waals surface area contributed by atoms with E-state index in [0.29, 0.717) is 24.8 Å². The van der Waals surface area contributed by atoms with Gasteiger partial charge in [0.2, 0.25) is 5.91 Å². The average molecular weight is 397 g/mol. The summed E-state index contributed by atoms with van der Waals surface area (Å²) in [5, 5.41) is 12.2. The van der Waals surface area contributed by atoms with Gasteiger partial charge in [0.25, 0.3) is 0 Å². The Hall–Kier alpha value is -2.17. The van der Waals surface area contributed by atoms with Crippen LogP contribution in [0.25, 0.3) is 0 Å². The number of rotatable bonds is 11. The van der Waals surface area contributed by atoms with Crippen LogP contribution in [-0.2, 0) is 30.6 Å². The molecule has 1 aromatic heterocycles. The lowest BCUT2D eigenvalue weighted by Gasteiger charge is -2.18. The van der Waals surface area contributed by atoms with Gasteiger partial charge in [-0.05, 0) is 43.7 Å². The first-order valence-corrected chi connectivity index (χ1v) is 11.4. The van der Waals surface area contributed by atoms with Crippen molar-refractivity contribution in [1.29, 1.82) is 0 Å². The van der Waals surface area contributed by atoms with Crippen molar-refractivity contribution in [2.24, 2.45) is 0 Å². The summed E-state index contributed by atoms with van der Waals surface area (Å²) in [4.78, 5) is 12.5. The molecule has 0 spiro atoms. The van der Waals surface area contributed by atoms with E-state index >= 15 is 0 Å². The average Bonchev–Trinajstić information content (AvgIpc) is 3.33. The van der Waals surface area contributed by atoms with Crippen LogP contribution in [0.4, 0.5) is 0 Å². The number of nitrogens with one attached hydrogen (secondary N) is 1. The van der Waals surface area contributed by atoms with Crippen molar-refractivity contribution in [3.8, 4) is 0 Å². The molecule has 1 aliphatic rings. The Bertz CT molecular complexity index is 773. The van der Waals surface area contributed by atoms with Crippen LogP contribution in [0.1, 0.15) is 88.0 Å². The number of fused-ring (bicyclic) bond motifs is 1. The van der Waals surface area contributed by atoms with Gasteiger partial charge in [0, 0.05) is 31.3 Å². The molecule has 0 bridgehead atoms. The third kappa shape index (κ3) is 5.46. The molecule has 3 rings (SSSR count). The fourth-order valence-corrected chi connectivity index (χ4v) is 4.53. The van der Waals surface area contributed by atoms with Crippen molar-refractivity contribution in [3.05, 3.63) is 47.0 Å². The molecule has 5 heteroatoms. The molecule has 2 aromatic rings. The molecule has 29 heavy (non-hydrogen) atoms. The summed E-state index contributed by atoms with van der Waals surface area (Å²) in [5.74, 6) is 2.55. The fourth-order valence-electron chi connectivity index (χ4n) is 4.53. The van der Waals surface area contributed by atoms with Gasteiger partial charge in [-0.1, -0.05) is 57.4 Å². The third-order valence-electron chi connectivity index (χ3n) is 6.07. The summed E-state index contributed by atoms with van der Waals surface area (Å²) in [6.07, 6.45) is 8.78. The Morgan fingerprint density at radius 1 is 1.10 bits per heavy atom. The van der Waals surface area contributed by atoms with Gasteiger partial charge in [-0.2, -0.15) is 0 Å². The molecular formula is C24H36N4O. The van der Waals surface area contributed by atoms with Crippen molar-refractivity contribution in [2.45, 2.75) is 97.1 Å². The molecule has 0 saturated carbocycles. The minimum absolute atomic E-state index is 0.139. The molecule has 1 aromatic carbocycles. The van der Waals surface area contributed by atoms with Crippen LogP contribution in [0.2, 0.25) is 0 Å². The van der Waals surface area contributed by atoms with Gasteiger partial charge in [0.1, 0.15) is 11.6 Å². The van der Waals surface area contributed by atoms with E-state index in [2.05, 4.69) is 65.1 Å². The van der Waals surface area contributed by atoms with Crippen LogP contribution in [-0.4, -0.2) is 26.7 Å². The van der Waals surface area contributed by atoms with E-state index in [1.165, 1.54) is 24.0 Å². The monoisotopic (exact) mass is 396 g/mol. The highest BCUT2D eigenvalue weighted by Crippen LogP contribution is 2.33. The van der Waals surface area contributed by atoms with E-state index in [9.17, 15) is 4.79 Å². The van der Waals surface area contributed by atoms with Crippen LogP contribution in [0, 0.1) is 0 Å². The van der Waals surface area contributed by atoms with E-state index < -0.39 is 0 Å². The van der Waals surface area contributed by atoms with E-state index in [-0.39, 0.29) is 5.91 Å². The zero-order chi connectivity index (χ0) is 20.6. The maximum absolute atomic E-state index is 12.5. The Balaban J connectivity index is 1.59. The van der Waals surface area contributed by atoms with Crippen LogP contribution >= 0.6 is 0 Å². The number of carbonyl (C=O) groups is 1. The summed E-state index contributed by atoms with van der Waals surface area (Å²) in [6, 6.07) is 8.98. The second-order valence-corrected chi connectivity index (χ2v) is 8.29. The number of amides is 1. The molecule has 1 N–H and O–H groups in total. The highest BCUT2D eigenvalue weighted by atomic mass is 16.1. The summed E-state index contributed by atoms with van der Waals surface area (Å²) in [5.41, 5.74) is 2.86. The number of unbranched alkanes of at least 4 members (excludes halogenated alkanes) is 1. The molecular weight excluding hydrogens is 360 g/mol. The number of aryl methyl sites for hydroxylation is 1. The third-order valence-corrected chi connectivity index (χ3v) is 6.07. The first kappa shape index (κ1) is 21.5. The number of carbonyl (C=O) groups excluding carboxylic acids is 1. The predicted molar refractivity (Wildman–Crippen MR) is 117 cm³/mol. The maximum atomic E-state index is 12.5. The van der Waals surface area contributed by atoms with Gasteiger partial charge in [0.15, 0.2) is 0 Å². The van der Waals surface area contributed by atoms with Gasteiger partial charge in [-0.15, -0.1) is 10.2 Å². The second kappa shape index (κ2) is 10.6.